The van der Waals surface area contributed by atoms with Crippen molar-refractivity contribution >= 4 is 11.3 Å². The van der Waals surface area contributed by atoms with E-state index in [1.54, 1.807) is 7.11 Å². The Morgan fingerprint density at radius 1 is 1.15 bits per heavy atom. The monoisotopic (exact) mass is 275 g/mol. The maximum absolute atomic E-state index is 5.79. The first-order valence-corrected chi connectivity index (χ1v) is 7.68. The molecular formula is C17H27N2O+. The lowest BCUT2D eigenvalue weighted by atomic mass is 10.0. The Kier molecular flexibility index (Phi) is 4.84. The molecule has 1 aromatic rings. The minimum Gasteiger partial charge on any atom is -0.497 e. The second-order valence-corrected chi connectivity index (χ2v) is 5.56. The average molecular weight is 275 g/mol. The van der Waals surface area contributed by atoms with Crippen LogP contribution in [-0.4, -0.2) is 26.7 Å². The fourth-order valence-corrected chi connectivity index (χ4v) is 3.36. The number of nitrogens with two attached hydrogens (primary N) is 1. The highest BCUT2D eigenvalue weighted by atomic mass is 16.5. The Morgan fingerprint density at radius 3 is 2.40 bits per heavy atom. The van der Waals surface area contributed by atoms with E-state index < -0.39 is 0 Å². The number of nitrogens with zero attached hydrogens (tertiary/aromatic N) is 1. The van der Waals surface area contributed by atoms with Crippen LogP contribution in [0.3, 0.4) is 0 Å². The molecule has 2 N–H and O–H groups in total. The Balaban J connectivity index is 2.51. The zero-order chi connectivity index (χ0) is 14.6. The van der Waals surface area contributed by atoms with Crippen molar-refractivity contribution in [1.29, 1.82) is 0 Å². The van der Waals surface area contributed by atoms with Crippen molar-refractivity contribution < 1.29 is 4.74 Å². The van der Waals surface area contributed by atoms with Crippen molar-refractivity contribution in [2.75, 3.05) is 26.7 Å². The zero-order valence-electron chi connectivity index (χ0n) is 13.0. The van der Waals surface area contributed by atoms with Gasteiger partial charge in [0.15, 0.2) is 0 Å². The summed E-state index contributed by atoms with van der Waals surface area (Å²) in [4.78, 5) is 0. The first-order chi connectivity index (χ1) is 9.70. The molecule has 0 atom stereocenters. The van der Waals surface area contributed by atoms with Crippen LogP contribution in [0.15, 0.2) is 24.4 Å². The molecule has 0 radical (unpaired) electrons. The molecule has 0 bridgehead atoms. The van der Waals surface area contributed by atoms with Crippen LogP contribution >= 0.6 is 0 Å². The number of hydrogen-bond donors (Lipinski definition) is 1. The number of methoxy groups -OCH3 is 1. The standard InChI is InChI=1S/C17H27N2O/c1-4-10-19(11-5-2)13-14(8-9-18)16-12-15(20-3)6-7-17(16)19/h6-7,12-13H,4-5,8-11,18H2,1-3H3/q+1. The van der Waals surface area contributed by atoms with E-state index in [4.69, 9.17) is 10.5 Å². The summed E-state index contributed by atoms with van der Waals surface area (Å²) in [6.07, 6.45) is 5.73. The van der Waals surface area contributed by atoms with Crippen molar-refractivity contribution in [3.63, 3.8) is 0 Å². The number of fused-ring (bicyclic) bond motifs is 1. The maximum Gasteiger partial charge on any atom is 0.145 e. The van der Waals surface area contributed by atoms with Gasteiger partial charge in [0.1, 0.15) is 17.6 Å². The van der Waals surface area contributed by atoms with Gasteiger partial charge in [-0.1, -0.05) is 13.8 Å². The van der Waals surface area contributed by atoms with Crippen molar-refractivity contribution in [3.05, 3.63) is 30.0 Å². The fourth-order valence-electron chi connectivity index (χ4n) is 3.36. The summed E-state index contributed by atoms with van der Waals surface area (Å²) in [7, 11) is 1.73. The third-order valence-electron chi connectivity index (χ3n) is 4.09. The molecule has 0 saturated heterocycles. The summed E-state index contributed by atoms with van der Waals surface area (Å²) in [6.45, 7) is 7.52. The summed E-state index contributed by atoms with van der Waals surface area (Å²) in [5, 5.41) is 0. The summed E-state index contributed by atoms with van der Waals surface area (Å²) < 4.78 is 6.36. The molecule has 1 aliphatic heterocycles. The molecular weight excluding hydrogens is 248 g/mol. The third kappa shape index (κ3) is 2.60. The minimum atomic E-state index is 0.695. The smallest absolute Gasteiger partial charge is 0.145 e. The predicted octanol–water partition coefficient (Wildman–Crippen LogP) is 3.53. The van der Waals surface area contributed by atoms with Crippen molar-refractivity contribution in [2.24, 2.45) is 5.73 Å². The van der Waals surface area contributed by atoms with Crippen LogP contribution in [0.1, 0.15) is 38.7 Å². The van der Waals surface area contributed by atoms with Gasteiger partial charge in [-0.05, 0) is 37.9 Å². The highest BCUT2D eigenvalue weighted by molar-refractivity contribution is 5.83. The van der Waals surface area contributed by atoms with Crippen LogP contribution in [0.5, 0.6) is 5.75 Å². The number of benzene rings is 1. The van der Waals surface area contributed by atoms with Crippen LogP contribution in [0.4, 0.5) is 5.69 Å². The van der Waals surface area contributed by atoms with Crippen LogP contribution in [0.25, 0.3) is 5.57 Å². The molecule has 3 nitrogen and oxygen atoms in total. The van der Waals surface area contributed by atoms with Gasteiger partial charge in [-0.3, -0.25) is 4.48 Å². The van der Waals surface area contributed by atoms with E-state index in [1.807, 2.05) is 0 Å². The van der Waals surface area contributed by atoms with E-state index in [0.29, 0.717) is 6.54 Å². The van der Waals surface area contributed by atoms with Gasteiger partial charge in [0.05, 0.1) is 20.2 Å². The van der Waals surface area contributed by atoms with Crippen molar-refractivity contribution in [3.8, 4) is 5.75 Å². The summed E-state index contributed by atoms with van der Waals surface area (Å²) in [6, 6.07) is 6.48. The Morgan fingerprint density at radius 2 is 1.85 bits per heavy atom. The molecule has 1 aliphatic rings. The number of quaternary nitrogens is 1. The molecule has 110 valence electrons. The summed E-state index contributed by atoms with van der Waals surface area (Å²) >= 11 is 0. The number of ether oxygens (including phenoxy) is 1. The lowest BCUT2D eigenvalue weighted by Crippen LogP contribution is -2.43. The van der Waals surface area contributed by atoms with Gasteiger partial charge in [0.25, 0.3) is 0 Å². The van der Waals surface area contributed by atoms with Gasteiger partial charge in [0.2, 0.25) is 0 Å². The average Bonchev–Trinajstić information content (AvgIpc) is 2.74. The summed E-state index contributed by atoms with van der Waals surface area (Å²) in [5.41, 5.74) is 9.92. The molecule has 3 heteroatoms. The van der Waals surface area contributed by atoms with Crippen molar-refractivity contribution in [2.45, 2.75) is 33.1 Å². The number of rotatable bonds is 7. The molecule has 0 spiro atoms. The molecule has 20 heavy (non-hydrogen) atoms. The number of hydrogen-bond acceptors (Lipinski definition) is 2. The molecule has 2 rings (SSSR count). The lowest BCUT2D eigenvalue weighted by Gasteiger charge is -2.32. The molecule has 0 aromatic heterocycles. The Bertz CT molecular complexity index is 488. The molecule has 1 heterocycles. The Hall–Kier alpha value is -1.32. The van der Waals surface area contributed by atoms with Gasteiger partial charge in [-0.25, -0.2) is 0 Å². The minimum absolute atomic E-state index is 0.695. The second kappa shape index (κ2) is 6.42. The first kappa shape index (κ1) is 15.1. The van der Waals surface area contributed by atoms with Gasteiger partial charge < -0.3 is 10.5 Å². The van der Waals surface area contributed by atoms with E-state index in [1.165, 1.54) is 29.7 Å². The highest BCUT2D eigenvalue weighted by Gasteiger charge is 2.37. The van der Waals surface area contributed by atoms with E-state index in [0.717, 1.165) is 29.7 Å². The molecule has 1 aromatic carbocycles. The summed E-state index contributed by atoms with van der Waals surface area (Å²) in [5.74, 6) is 0.930. The van der Waals surface area contributed by atoms with E-state index in [9.17, 15) is 0 Å². The molecule has 0 saturated carbocycles. The highest BCUT2D eigenvalue weighted by Crippen LogP contribution is 2.43. The maximum atomic E-state index is 5.79. The first-order valence-electron chi connectivity index (χ1n) is 7.68. The van der Waals surface area contributed by atoms with Gasteiger partial charge in [0, 0.05) is 17.2 Å². The van der Waals surface area contributed by atoms with E-state index in [2.05, 4.69) is 38.2 Å². The van der Waals surface area contributed by atoms with Gasteiger partial charge in [-0.15, -0.1) is 0 Å². The topological polar surface area (TPSA) is 35.2 Å². The molecule has 0 amide bonds. The van der Waals surface area contributed by atoms with Crippen LogP contribution in [-0.2, 0) is 0 Å². The molecule has 0 fully saturated rings. The second-order valence-electron chi connectivity index (χ2n) is 5.56. The van der Waals surface area contributed by atoms with Crippen LogP contribution in [0.2, 0.25) is 0 Å². The van der Waals surface area contributed by atoms with Crippen molar-refractivity contribution in [1.82, 2.24) is 4.48 Å². The fraction of sp³-hybridized carbons (Fsp3) is 0.529. The lowest BCUT2D eigenvalue weighted by molar-refractivity contribution is 0.373. The quantitative estimate of drug-likeness (QED) is 0.773. The van der Waals surface area contributed by atoms with E-state index in [-0.39, 0.29) is 0 Å². The van der Waals surface area contributed by atoms with Crippen LogP contribution in [0, 0.1) is 0 Å². The normalized spacial score (nSPS) is 15.9. The molecule has 0 unspecified atom stereocenters. The zero-order valence-corrected chi connectivity index (χ0v) is 13.0. The van der Waals surface area contributed by atoms with Gasteiger partial charge >= 0.3 is 0 Å². The van der Waals surface area contributed by atoms with Gasteiger partial charge in [-0.2, -0.15) is 0 Å². The Labute approximate surface area is 122 Å². The van der Waals surface area contributed by atoms with E-state index >= 15 is 0 Å². The molecule has 0 aliphatic carbocycles. The van der Waals surface area contributed by atoms with Crippen LogP contribution < -0.4 is 15.0 Å². The SMILES string of the molecule is CCC[N+]1(CCC)C=C(CCN)c2cc(OC)ccc21. The third-order valence-corrected chi connectivity index (χ3v) is 4.09. The predicted molar refractivity (Wildman–Crippen MR) is 86.8 cm³/mol. The largest absolute Gasteiger partial charge is 0.497 e.